The van der Waals surface area contributed by atoms with Gasteiger partial charge in [0.25, 0.3) is 0 Å². The van der Waals surface area contributed by atoms with Crippen LogP contribution in [0.5, 0.6) is 5.75 Å². The van der Waals surface area contributed by atoms with Crippen molar-refractivity contribution in [1.29, 1.82) is 0 Å². The van der Waals surface area contributed by atoms with Crippen molar-refractivity contribution < 1.29 is 14.3 Å². The summed E-state index contributed by atoms with van der Waals surface area (Å²) >= 11 is 0. The molecule has 2 amide bonds. The first-order valence-electron chi connectivity index (χ1n) is 5.76. The van der Waals surface area contributed by atoms with E-state index in [9.17, 15) is 9.59 Å². The highest BCUT2D eigenvalue weighted by Crippen LogP contribution is 2.19. The molecule has 0 aromatic heterocycles. The number of hydrogen-bond donors (Lipinski definition) is 0. The maximum atomic E-state index is 11.8. The van der Waals surface area contributed by atoms with Gasteiger partial charge in [0.15, 0.2) is 0 Å². The summed E-state index contributed by atoms with van der Waals surface area (Å²) in [5.41, 5.74) is 0. The molecule has 1 aromatic carbocycles. The van der Waals surface area contributed by atoms with E-state index < -0.39 is 6.09 Å². The van der Waals surface area contributed by atoms with Crippen molar-refractivity contribution in [3.8, 4) is 5.75 Å². The molecule has 90 valence electrons. The van der Waals surface area contributed by atoms with E-state index in [1.54, 1.807) is 24.3 Å². The lowest BCUT2D eigenvalue weighted by atomic mass is 10.00. The van der Waals surface area contributed by atoms with Gasteiger partial charge in [0.2, 0.25) is 5.91 Å². The number of carbonyl (C=O) groups is 2. The first kappa shape index (κ1) is 11.6. The van der Waals surface area contributed by atoms with Crippen LogP contribution in [0, 0.1) is 5.92 Å². The smallest absolute Gasteiger partial charge is 0.410 e. The number of amides is 2. The molecule has 0 N–H and O–H groups in total. The quantitative estimate of drug-likeness (QED) is 0.748. The molecule has 4 heteroatoms. The number of likely N-dealkylation sites (tertiary alicyclic amines) is 1. The van der Waals surface area contributed by atoms with E-state index in [-0.39, 0.29) is 11.8 Å². The lowest BCUT2D eigenvalue weighted by Gasteiger charge is -2.27. The van der Waals surface area contributed by atoms with Gasteiger partial charge in [-0.3, -0.25) is 4.79 Å². The third kappa shape index (κ3) is 2.64. The minimum absolute atomic E-state index is 0.0907. The van der Waals surface area contributed by atoms with Gasteiger partial charge >= 0.3 is 6.09 Å². The zero-order chi connectivity index (χ0) is 12.3. The van der Waals surface area contributed by atoms with Crippen LogP contribution in [0.15, 0.2) is 30.3 Å². The van der Waals surface area contributed by atoms with Gasteiger partial charge < -0.3 is 4.74 Å². The Morgan fingerprint density at radius 3 is 2.76 bits per heavy atom. The Balaban J connectivity index is 2.03. The maximum absolute atomic E-state index is 11.8. The number of hydrogen-bond acceptors (Lipinski definition) is 3. The van der Waals surface area contributed by atoms with Crippen molar-refractivity contribution in [2.45, 2.75) is 19.8 Å². The second-order valence-corrected chi connectivity index (χ2v) is 4.21. The number of carbonyl (C=O) groups excluding carboxylic acids is 2. The van der Waals surface area contributed by atoms with E-state index in [4.69, 9.17) is 4.74 Å². The van der Waals surface area contributed by atoms with Crippen molar-refractivity contribution in [3.63, 3.8) is 0 Å². The fraction of sp³-hybridized carbons (Fsp3) is 0.385. The summed E-state index contributed by atoms with van der Waals surface area (Å²) in [6.07, 6.45) is 1.11. The van der Waals surface area contributed by atoms with Gasteiger partial charge in [-0.2, -0.15) is 0 Å². The molecule has 2 rings (SSSR count). The van der Waals surface area contributed by atoms with Crippen molar-refractivity contribution in [2.75, 3.05) is 6.54 Å². The Morgan fingerprint density at radius 2 is 2.06 bits per heavy atom. The zero-order valence-corrected chi connectivity index (χ0v) is 9.76. The summed E-state index contributed by atoms with van der Waals surface area (Å²) < 4.78 is 5.14. The van der Waals surface area contributed by atoms with Crippen LogP contribution in [0.2, 0.25) is 0 Å². The lowest BCUT2D eigenvalue weighted by Crippen LogP contribution is -2.45. The second-order valence-electron chi connectivity index (χ2n) is 4.21. The number of rotatable bonds is 1. The van der Waals surface area contributed by atoms with E-state index in [1.807, 2.05) is 13.0 Å². The first-order chi connectivity index (χ1) is 8.18. The molecular formula is C13H15NO3. The third-order valence-corrected chi connectivity index (χ3v) is 2.88. The van der Waals surface area contributed by atoms with Crippen molar-refractivity contribution in [2.24, 2.45) is 5.92 Å². The van der Waals surface area contributed by atoms with Crippen LogP contribution in [0.3, 0.4) is 0 Å². The summed E-state index contributed by atoms with van der Waals surface area (Å²) in [6, 6.07) is 8.78. The van der Waals surface area contributed by atoms with Crippen LogP contribution < -0.4 is 4.74 Å². The number of para-hydroxylation sites is 1. The number of benzene rings is 1. The molecule has 4 nitrogen and oxygen atoms in total. The minimum atomic E-state index is -0.576. The minimum Gasteiger partial charge on any atom is -0.410 e. The Labute approximate surface area is 100 Å². The molecule has 1 aromatic rings. The summed E-state index contributed by atoms with van der Waals surface area (Å²) in [6.45, 7) is 2.29. The van der Waals surface area contributed by atoms with Gasteiger partial charge in [0.05, 0.1) is 0 Å². The standard InChI is InChI=1S/C13H15NO3/c1-10-6-5-9-14(12(10)15)13(16)17-11-7-3-2-4-8-11/h2-4,7-8,10H,5-6,9H2,1H3/t10-/m0/s1. The molecule has 0 bridgehead atoms. The Hall–Kier alpha value is -1.84. The Morgan fingerprint density at radius 1 is 1.35 bits per heavy atom. The highest BCUT2D eigenvalue weighted by Gasteiger charge is 2.30. The number of ether oxygens (including phenoxy) is 1. The van der Waals surface area contributed by atoms with Crippen molar-refractivity contribution in [1.82, 2.24) is 4.90 Å². The van der Waals surface area contributed by atoms with Gasteiger partial charge in [-0.15, -0.1) is 0 Å². The third-order valence-electron chi connectivity index (χ3n) is 2.88. The predicted molar refractivity (Wildman–Crippen MR) is 62.6 cm³/mol. The predicted octanol–water partition coefficient (Wildman–Crippen LogP) is 2.44. The number of imide groups is 1. The molecule has 17 heavy (non-hydrogen) atoms. The van der Waals surface area contributed by atoms with Crippen LogP contribution in [0.4, 0.5) is 4.79 Å². The molecule has 1 aliphatic heterocycles. The Bertz CT molecular complexity index is 416. The van der Waals surface area contributed by atoms with Gasteiger partial charge in [-0.25, -0.2) is 9.69 Å². The topological polar surface area (TPSA) is 46.6 Å². The van der Waals surface area contributed by atoms with Crippen LogP contribution in [0.25, 0.3) is 0 Å². The second kappa shape index (κ2) is 4.99. The van der Waals surface area contributed by atoms with Crippen LogP contribution >= 0.6 is 0 Å². The van der Waals surface area contributed by atoms with Crippen LogP contribution in [-0.4, -0.2) is 23.4 Å². The monoisotopic (exact) mass is 233 g/mol. The van der Waals surface area contributed by atoms with Gasteiger partial charge in [-0.1, -0.05) is 25.1 Å². The molecule has 1 saturated heterocycles. The normalized spacial score (nSPS) is 20.2. The first-order valence-corrected chi connectivity index (χ1v) is 5.76. The number of nitrogens with zero attached hydrogens (tertiary/aromatic N) is 1. The SMILES string of the molecule is C[C@H]1CCCN(C(=O)Oc2ccccc2)C1=O. The molecule has 0 radical (unpaired) electrons. The summed E-state index contributed by atoms with van der Waals surface area (Å²) in [7, 11) is 0. The largest absolute Gasteiger partial charge is 0.421 e. The highest BCUT2D eigenvalue weighted by atomic mass is 16.6. The summed E-state index contributed by atoms with van der Waals surface area (Å²) in [4.78, 5) is 24.8. The molecule has 0 unspecified atom stereocenters. The maximum Gasteiger partial charge on any atom is 0.421 e. The van der Waals surface area contributed by atoms with Crippen LogP contribution in [-0.2, 0) is 4.79 Å². The average molecular weight is 233 g/mol. The molecular weight excluding hydrogens is 218 g/mol. The fourth-order valence-corrected chi connectivity index (χ4v) is 1.88. The Kier molecular flexibility index (Phi) is 3.42. The van der Waals surface area contributed by atoms with E-state index in [0.29, 0.717) is 12.3 Å². The van der Waals surface area contributed by atoms with E-state index >= 15 is 0 Å². The summed E-state index contributed by atoms with van der Waals surface area (Å²) in [5, 5.41) is 0. The fourth-order valence-electron chi connectivity index (χ4n) is 1.88. The van der Waals surface area contributed by atoms with Crippen molar-refractivity contribution in [3.05, 3.63) is 30.3 Å². The van der Waals surface area contributed by atoms with Crippen LogP contribution in [0.1, 0.15) is 19.8 Å². The molecule has 1 fully saturated rings. The molecule has 1 heterocycles. The van der Waals surface area contributed by atoms with Gasteiger partial charge in [-0.05, 0) is 25.0 Å². The van der Waals surface area contributed by atoms with Gasteiger partial charge in [0.1, 0.15) is 5.75 Å². The van der Waals surface area contributed by atoms with Gasteiger partial charge in [0, 0.05) is 12.5 Å². The molecule has 0 aliphatic carbocycles. The summed E-state index contributed by atoms with van der Waals surface area (Å²) in [5.74, 6) is 0.229. The average Bonchev–Trinajstić information content (AvgIpc) is 2.34. The zero-order valence-electron chi connectivity index (χ0n) is 9.76. The molecule has 1 aliphatic rings. The number of piperidine rings is 1. The van der Waals surface area contributed by atoms with E-state index in [0.717, 1.165) is 12.8 Å². The molecule has 1 atom stereocenters. The highest BCUT2D eigenvalue weighted by molar-refractivity contribution is 5.94. The van der Waals surface area contributed by atoms with E-state index in [2.05, 4.69) is 0 Å². The molecule has 0 spiro atoms. The molecule has 0 saturated carbocycles. The van der Waals surface area contributed by atoms with E-state index in [1.165, 1.54) is 4.90 Å². The lowest BCUT2D eigenvalue weighted by molar-refractivity contribution is -0.135. The van der Waals surface area contributed by atoms with Crippen molar-refractivity contribution >= 4 is 12.0 Å².